The molecule has 0 aromatic heterocycles. The van der Waals surface area contributed by atoms with Gasteiger partial charge in [0.2, 0.25) is 0 Å². The number of anilines is 2. The lowest BCUT2D eigenvalue weighted by Crippen LogP contribution is -2.28. The van der Waals surface area contributed by atoms with Crippen molar-refractivity contribution in [3.05, 3.63) is 179 Å². The van der Waals surface area contributed by atoms with E-state index in [4.69, 9.17) is 9.47 Å². The number of nitrogens with one attached hydrogen (secondary N) is 2. The lowest BCUT2D eigenvalue weighted by Gasteiger charge is -2.34. The van der Waals surface area contributed by atoms with Crippen molar-refractivity contribution in [2.24, 2.45) is 0 Å². The smallest absolute Gasteiger partial charge is 0.255 e. The van der Waals surface area contributed by atoms with Crippen molar-refractivity contribution in [3.63, 3.8) is 0 Å². The average molecular weight is 645 g/mol. The maximum Gasteiger partial charge on any atom is 0.255 e. The highest BCUT2D eigenvalue weighted by Gasteiger charge is 2.45. The number of hydrogen-bond acceptors (Lipinski definition) is 4. The summed E-state index contributed by atoms with van der Waals surface area (Å²) >= 11 is 0. The maximum absolute atomic E-state index is 13.2. The van der Waals surface area contributed by atoms with E-state index in [1.165, 1.54) is 22.3 Å². The molecule has 0 bridgehead atoms. The van der Waals surface area contributed by atoms with Crippen LogP contribution in [-0.4, -0.2) is 25.0 Å². The van der Waals surface area contributed by atoms with Gasteiger partial charge in [0, 0.05) is 22.5 Å². The zero-order chi connectivity index (χ0) is 33.8. The summed E-state index contributed by atoms with van der Waals surface area (Å²) in [5.41, 5.74) is 8.63. The largest absolute Gasteiger partial charge is 0.494 e. The van der Waals surface area contributed by atoms with Crippen molar-refractivity contribution in [3.8, 4) is 22.6 Å². The summed E-state index contributed by atoms with van der Waals surface area (Å²) < 4.78 is 11.2. The van der Waals surface area contributed by atoms with Crippen molar-refractivity contribution < 1.29 is 19.1 Å². The molecule has 1 aliphatic rings. The molecule has 0 saturated heterocycles. The predicted octanol–water partition coefficient (Wildman–Crippen LogP) is 9.35. The first-order valence-electron chi connectivity index (χ1n) is 16.5. The predicted molar refractivity (Wildman–Crippen MR) is 195 cm³/mol. The van der Waals surface area contributed by atoms with Crippen LogP contribution in [0.5, 0.6) is 11.5 Å². The van der Waals surface area contributed by atoms with Gasteiger partial charge >= 0.3 is 0 Å². The van der Waals surface area contributed by atoms with Gasteiger partial charge in [-0.15, -0.1) is 0 Å². The van der Waals surface area contributed by atoms with Crippen molar-refractivity contribution in [2.75, 3.05) is 23.8 Å². The van der Waals surface area contributed by atoms with E-state index < -0.39 is 5.41 Å². The number of carbonyl (C=O) groups excluding carboxylic acids is 2. The van der Waals surface area contributed by atoms with Gasteiger partial charge in [-0.3, -0.25) is 9.59 Å². The molecule has 0 aliphatic heterocycles. The summed E-state index contributed by atoms with van der Waals surface area (Å²) in [6, 6.07) is 47.6. The second kappa shape index (κ2) is 13.5. The minimum absolute atomic E-state index is 0.206. The Labute approximate surface area is 286 Å². The molecule has 2 N–H and O–H groups in total. The average Bonchev–Trinajstić information content (AvgIpc) is 3.44. The summed E-state index contributed by atoms with van der Waals surface area (Å²) in [4.78, 5) is 26.3. The first-order valence-corrected chi connectivity index (χ1v) is 16.5. The van der Waals surface area contributed by atoms with E-state index in [2.05, 4.69) is 83.4 Å². The normalized spacial score (nSPS) is 12.4. The summed E-state index contributed by atoms with van der Waals surface area (Å²) in [6.07, 6.45) is 0. The quantitative estimate of drug-likeness (QED) is 0.156. The van der Waals surface area contributed by atoms with E-state index in [1.54, 1.807) is 24.3 Å². The number of hydrogen-bond donors (Lipinski definition) is 2. The van der Waals surface area contributed by atoms with Crippen LogP contribution in [-0.2, 0) is 5.41 Å². The maximum atomic E-state index is 13.2. The number of rotatable bonds is 10. The van der Waals surface area contributed by atoms with Gasteiger partial charge in [0.1, 0.15) is 11.5 Å². The third-order valence-corrected chi connectivity index (χ3v) is 8.92. The van der Waals surface area contributed by atoms with E-state index in [0.717, 1.165) is 11.1 Å². The Morgan fingerprint density at radius 1 is 0.510 bits per heavy atom. The Balaban J connectivity index is 1.24. The second-order valence-corrected chi connectivity index (χ2v) is 11.8. The molecular formula is C43H36N2O4. The second-order valence-electron chi connectivity index (χ2n) is 11.8. The first kappa shape index (κ1) is 31.5. The van der Waals surface area contributed by atoms with Crippen LogP contribution >= 0.6 is 0 Å². The molecule has 6 nitrogen and oxygen atoms in total. The van der Waals surface area contributed by atoms with Crippen LogP contribution in [0, 0.1) is 0 Å². The molecule has 6 aromatic rings. The number of ether oxygens (including phenoxy) is 2. The van der Waals surface area contributed by atoms with Crippen molar-refractivity contribution >= 4 is 23.2 Å². The van der Waals surface area contributed by atoms with E-state index in [1.807, 2.05) is 62.4 Å². The Morgan fingerprint density at radius 3 is 1.33 bits per heavy atom. The zero-order valence-corrected chi connectivity index (χ0v) is 27.4. The van der Waals surface area contributed by atoms with Gasteiger partial charge < -0.3 is 20.1 Å². The van der Waals surface area contributed by atoms with Crippen LogP contribution < -0.4 is 20.1 Å². The minimum Gasteiger partial charge on any atom is -0.494 e. The monoisotopic (exact) mass is 644 g/mol. The summed E-state index contributed by atoms with van der Waals surface area (Å²) in [6.45, 7) is 4.89. The van der Waals surface area contributed by atoms with Crippen LogP contribution in [0.4, 0.5) is 11.4 Å². The molecule has 7 rings (SSSR count). The molecule has 6 heteroatoms. The first-order chi connectivity index (χ1) is 24.0. The standard InChI is InChI=1S/C43H36N2O4/c1-3-48-35-13-9-11-29(27-35)41(46)44-33-23-19-31(20-24-33)43(39-17-7-5-15-37(39)38-16-6-8-18-40(38)43)32-21-25-34(26-22-32)45-42(47)30-12-10-14-36(28-30)49-4-2/h5-28H,3-4H2,1-2H3,(H,44,46)(H,45,47). The fraction of sp³-hybridized carbons (Fsp3) is 0.116. The lowest BCUT2D eigenvalue weighted by atomic mass is 9.67. The van der Waals surface area contributed by atoms with Gasteiger partial charge in [0.25, 0.3) is 11.8 Å². The van der Waals surface area contributed by atoms with Gasteiger partial charge in [-0.05, 0) is 108 Å². The molecule has 0 fully saturated rings. The van der Waals surface area contributed by atoms with Gasteiger partial charge in [0.05, 0.1) is 18.6 Å². The van der Waals surface area contributed by atoms with Crippen molar-refractivity contribution in [2.45, 2.75) is 19.3 Å². The molecular weight excluding hydrogens is 608 g/mol. The third kappa shape index (κ3) is 5.93. The Morgan fingerprint density at radius 2 is 0.918 bits per heavy atom. The minimum atomic E-state index is -0.629. The molecule has 0 atom stereocenters. The highest BCUT2D eigenvalue weighted by Crippen LogP contribution is 2.56. The molecule has 1 aliphatic carbocycles. The molecule has 2 amide bonds. The number of benzene rings is 6. The van der Waals surface area contributed by atoms with Crippen LogP contribution in [0.1, 0.15) is 56.8 Å². The Kier molecular flexibility index (Phi) is 8.69. The van der Waals surface area contributed by atoms with Gasteiger partial charge in [-0.2, -0.15) is 0 Å². The number of carbonyl (C=O) groups is 2. The number of fused-ring (bicyclic) bond motifs is 3. The third-order valence-electron chi connectivity index (χ3n) is 8.92. The summed E-state index contributed by atoms with van der Waals surface area (Å²) in [7, 11) is 0. The van der Waals surface area contributed by atoms with Crippen LogP contribution in [0.25, 0.3) is 11.1 Å². The van der Waals surface area contributed by atoms with E-state index in [-0.39, 0.29) is 11.8 Å². The van der Waals surface area contributed by atoms with Crippen LogP contribution in [0.3, 0.4) is 0 Å². The molecule has 0 saturated carbocycles. The van der Waals surface area contributed by atoms with E-state index >= 15 is 0 Å². The highest BCUT2D eigenvalue weighted by atomic mass is 16.5. The Bertz CT molecular complexity index is 1980. The van der Waals surface area contributed by atoms with Crippen LogP contribution in [0.15, 0.2) is 146 Å². The highest BCUT2D eigenvalue weighted by molar-refractivity contribution is 6.05. The van der Waals surface area contributed by atoms with Crippen LogP contribution in [0.2, 0.25) is 0 Å². The molecule has 49 heavy (non-hydrogen) atoms. The molecule has 0 radical (unpaired) electrons. The van der Waals surface area contributed by atoms with Crippen molar-refractivity contribution in [1.29, 1.82) is 0 Å². The number of amides is 2. The lowest BCUT2D eigenvalue weighted by molar-refractivity contribution is 0.101. The molecule has 0 spiro atoms. The van der Waals surface area contributed by atoms with E-state index in [0.29, 0.717) is 47.2 Å². The molecule has 0 heterocycles. The Hall–Kier alpha value is -6.14. The molecule has 0 unspecified atom stereocenters. The van der Waals surface area contributed by atoms with Crippen molar-refractivity contribution in [1.82, 2.24) is 0 Å². The fourth-order valence-electron chi connectivity index (χ4n) is 6.82. The van der Waals surface area contributed by atoms with Gasteiger partial charge in [-0.25, -0.2) is 0 Å². The van der Waals surface area contributed by atoms with E-state index in [9.17, 15) is 9.59 Å². The van der Waals surface area contributed by atoms with Gasteiger partial charge in [-0.1, -0.05) is 84.9 Å². The van der Waals surface area contributed by atoms with Gasteiger partial charge in [0.15, 0.2) is 0 Å². The molecule has 6 aromatic carbocycles. The molecule has 242 valence electrons. The summed E-state index contributed by atoms with van der Waals surface area (Å²) in [5, 5.41) is 6.09. The zero-order valence-electron chi connectivity index (χ0n) is 27.4. The SMILES string of the molecule is CCOc1cccc(C(=O)Nc2ccc(C3(c4ccc(NC(=O)c5cccc(OCC)c5)cc4)c4ccccc4-c4ccccc43)cc2)c1. The fourth-order valence-corrected chi connectivity index (χ4v) is 6.82. The summed E-state index contributed by atoms with van der Waals surface area (Å²) in [5.74, 6) is 0.908. The topological polar surface area (TPSA) is 76.7 Å².